The third kappa shape index (κ3) is 4.48. The third-order valence-corrected chi connectivity index (χ3v) is 7.30. The largest absolute Gasteiger partial charge is 0.468 e. The number of hydrogen-bond acceptors (Lipinski definition) is 6. The van der Waals surface area contributed by atoms with Gasteiger partial charge < -0.3 is 14.2 Å². The molecule has 0 unspecified atom stereocenters. The van der Waals surface area contributed by atoms with Crippen molar-refractivity contribution in [2.75, 3.05) is 14.2 Å². The van der Waals surface area contributed by atoms with E-state index in [9.17, 15) is 14.4 Å². The van der Waals surface area contributed by atoms with Crippen molar-refractivity contribution in [2.45, 2.75) is 32.3 Å². The van der Waals surface area contributed by atoms with Gasteiger partial charge in [-0.05, 0) is 29.5 Å². The van der Waals surface area contributed by atoms with Crippen molar-refractivity contribution in [3.63, 3.8) is 0 Å². The molecule has 4 rings (SSSR count). The van der Waals surface area contributed by atoms with Crippen LogP contribution in [0.1, 0.15) is 37.3 Å². The Kier molecular flexibility index (Phi) is 7.43. The molecule has 2 aliphatic rings. The molecule has 0 aliphatic heterocycles. The molecule has 0 bridgehead atoms. The molecule has 0 aromatic heterocycles. The average molecular weight is 489 g/mol. The summed E-state index contributed by atoms with van der Waals surface area (Å²) >= 11 is 0. The lowest BCUT2D eigenvalue weighted by Crippen LogP contribution is -2.47. The molecule has 0 radical (unpaired) electrons. The molecule has 0 N–H and O–H groups in total. The minimum Gasteiger partial charge on any atom is -0.468 e. The maximum Gasteiger partial charge on any atom is 0.327 e. The van der Waals surface area contributed by atoms with E-state index in [0.29, 0.717) is 6.42 Å². The topological polar surface area (TPSA) is 78.9 Å². The monoisotopic (exact) mass is 488 g/mol. The van der Waals surface area contributed by atoms with E-state index in [1.54, 1.807) is 6.08 Å². The molecule has 0 amide bonds. The Hall–Kier alpha value is -3.67. The standard InChI is InChI=1S/C30H32O6/c1-19(2)24-18-30(28(32)34-3,29(33)35-4)25-17-22(15-16-23(24)25)36-27(31)26(20-11-7-5-8-12-20)21-13-9-6-10-14-21/h5-16,18-19,22-23,25-26H,17H2,1-4H3/t22-,23+,25+/m0/s1. The fourth-order valence-corrected chi connectivity index (χ4v) is 5.59. The molecule has 6 nitrogen and oxygen atoms in total. The van der Waals surface area contributed by atoms with Gasteiger partial charge in [0.25, 0.3) is 0 Å². The highest BCUT2D eigenvalue weighted by molar-refractivity contribution is 6.03. The predicted octanol–water partition coefficient (Wildman–Crippen LogP) is 4.85. The van der Waals surface area contributed by atoms with Gasteiger partial charge in [-0.1, -0.05) is 92.2 Å². The zero-order valence-corrected chi connectivity index (χ0v) is 21.0. The van der Waals surface area contributed by atoms with Crippen molar-refractivity contribution in [3.8, 4) is 0 Å². The fraction of sp³-hybridized carbons (Fsp3) is 0.367. The molecule has 3 atom stereocenters. The molecule has 0 spiro atoms. The number of fused-ring (bicyclic) bond motifs is 1. The van der Waals surface area contributed by atoms with Crippen LogP contribution >= 0.6 is 0 Å². The van der Waals surface area contributed by atoms with Gasteiger partial charge in [0.05, 0.1) is 14.2 Å². The van der Waals surface area contributed by atoms with Crippen LogP contribution in [0.15, 0.2) is 84.5 Å². The van der Waals surface area contributed by atoms with E-state index in [1.807, 2.05) is 86.7 Å². The molecule has 2 aromatic rings. The predicted molar refractivity (Wildman–Crippen MR) is 135 cm³/mol. The Morgan fingerprint density at radius 2 is 1.36 bits per heavy atom. The molecule has 188 valence electrons. The Balaban J connectivity index is 1.66. The zero-order chi connectivity index (χ0) is 25.9. The first-order valence-corrected chi connectivity index (χ1v) is 12.2. The van der Waals surface area contributed by atoms with Crippen molar-refractivity contribution in [1.82, 2.24) is 0 Å². The molecule has 0 fully saturated rings. The van der Waals surface area contributed by atoms with E-state index >= 15 is 0 Å². The number of allylic oxidation sites excluding steroid dienone is 2. The molecular weight excluding hydrogens is 456 g/mol. The van der Waals surface area contributed by atoms with Gasteiger partial charge in [0, 0.05) is 11.8 Å². The number of rotatable bonds is 7. The number of carbonyl (C=O) groups is 3. The maximum absolute atomic E-state index is 13.6. The van der Waals surface area contributed by atoms with Crippen molar-refractivity contribution in [1.29, 1.82) is 0 Å². The molecule has 0 heterocycles. The summed E-state index contributed by atoms with van der Waals surface area (Å²) < 4.78 is 16.2. The molecular formula is C30H32O6. The summed E-state index contributed by atoms with van der Waals surface area (Å²) in [6.45, 7) is 4.05. The molecule has 6 heteroatoms. The number of methoxy groups -OCH3 is 2. The van der Waals surface area contributed by atoms with Gasteiger partial charge in [-0.3, -0.25) is 14.4 Å². The van der Waals surface area contributed by atoms with E-state index in [1.165, 1.54) is 14.2 Å². The van der Waals surface area contributed by atoms with Crippen molar-refractivity contribution in [2.24, 2.45) is 23.2 Å². The van der Waals surface area contributed by atoms with Gasteiger partial charge in [0.2, 0.25) is 0 Å². The molecule has 36 heavy (non-hydrogen) atoms. The van der Waals surface area contributed by atoms with Gasteiger partial charge in [-0.25, -0.2) is 0 Å². The van der Waals surface area contributed by atoms with E-state index in [4.69, 9.17) is 14.2 Å². The van der Waals surface area contributed by atoms with E-state index in [0.717, 1.165) is 16.7 Å². The second kappa shape index (κ2) is 10.5. The first kappa shape index (κ1) is 25.4. The molecule has 0 saturated heterocycles. The lowest BCUT2D eigenvalue weighted by molar-refractivity contribution is -0.170. The number of ether oxygens (including phenoxy) is 3. The first-order chi connectivity index (χ1) is 17.3. The first-order valence-electron chi connectivity index (χ1n) is 12.2. The Morgan fingerprint density at radius 3 is 1.83 bits per heavy atom. The number of esters is 3. The maximum atomic E-state index is 13.6. The quantitative estimate of drug-likeness (QED) is 0.240. The number of benzene rings is 2. The van der Waals surface area contributed by atoms with Crippen LogP contribution in [0.3, 0.4) is 0 Å². The highest BCUT2D eigenvalue weighted by atomic mass is 16.6. The minimum atomic E-state index is -1.58. The Labute approximate surface area is 211 Å². The average Bonchev–Trinajstić information content (AvgIpc) is 3.25. The van der Waals surface area contributed by atoms with E-state index < -0.39 is 41.3 Å². The van der Waals surface area contributed by atoms with Crippen molar-refractivity contribution in [3.05, 3.63) is 95.6 Å². The molecule has 0 saturated carbocycles. The van der Waals surface area contributed by atoms with Crippen molar-refractivity contribution < 1.29 is 28.6 Å². The lowest BCUT2D eigenvalue weighted by atomic mass is 9.69. The van der Waals surface area contributed by atoms with Crippen LogP contribution in [-0.4, -0.2) is 38.2 Å². The van der Waals surface area contributed by atoms with Crippen LogP contribution in [0.4, 0.5) is 0 Å². The van der Waals surface area contributed by atoms with Crippen LogP contribution in [0, 0.1) is 23.2 Å². The van der Waals surface area contributed by atoms with Gasteiger partial charge in [0.15, 0.2) is 5.41 Å². The summed E-state index contributed by atoms with van der Waals surface area (Å²) in [5, 5.41) is 0. The summed E-state index contributed by atoms with van der Waals surface area (Å²) in [6, 6.07) is 19.0. The van der Waals surface area contributed by atoms with Gasteiger partial charge in [0.1, 0.15) is 12.0 Å². The highest BCUT2D eigenvalue weighted by Gasteiger charge is 2.61. The van der Waals surface area contributed by atoms with Crippen molar-refractivity contribution >= 4 is 17.9 Å². The highest BCUT2D eigenvalue weighted by Crippen LogP contribution is 2.53. The van der Waals surface area contributed by atoms with Crippen LogP contribution < -0.4 is 0 Å². The summed E-state index contributed by atoms with van der Waals surface area (Å²) in [7, 11) is 2.54. The fourth-order valence-electron chi connectivity index (χ4n) is 5.59. The molecule has 2 aromatic carbocycles. The summed E-state index contributed by atoms with van der Waals surface area (Å²) in [5.74, 6) is -2.84. The van der Waals surface area contributed by atoms with Crippen LogP contribution in [0.2, 0.25) is 0 Å². The summed E-state index contributed by atoms with van der Waals surface area (Å²) in [4.78, 5) is 39.7. The van der Waals surface area contributed by atoms with Gasteiger partial charge >= 0.3 is 17.9 Å². The third-order valence-electron chi connectivity index (χ3n) is 7.30. The smallest absolute Gasteiger partial charge is 0.327 e. The second-order valence-electron chi connectivity index (χ2n) is 9.63. The summed E-state index contributed by atoms with van der Waals surface area (Å²) in [5.41, 5.74) is 1.05. The normalized spacial score (nSPS) is 22.1. The van der Waals surface area contributed by atoms with E-state index in [-0.39, 0.29) is 11.8 Å². The van der Waals surface area contributed by atoms with Crippen LogP contribution in [-0.2, 0) is 28.6 Å². The van der Waals surface area contributed by atoms with Crippen LogP contribution in [0.5, 0.6) is 0 Å². The zero-order valence-electron chi connectivity index (χ0n) is 21.0. The summed E-state index contributed by atoms with van der Waals surface area (Å²) in [6.07, 6.45) is 5.22. The minimum absolute atomic E-state index is 0.109. The van der Waals surface area contributed by atoms with E-state index in [2.05, 4.69) is 0 Å². The van der Waals surface area contributed by atoms with Gasteiger partial charge in [-0.2, -0.15) is 0 Å². The second-order valence-corrected chi connectivity index (χ2v) is 9.63. The lowest BCUT2D eigenvalue weighted by Gasteiger charge is -2.36. The molecule has 2 aliphatic carbocycles. The van der Waals surface area contributed by atoms with Crippen LogP contribution in [0.25, 0.3) is 0 Å². The van der Waals surface area contributed by atoms with Gasteiger partial charge in [-0.15, -0.1) is 0 Å². The Morgan fingerprint density at radius 1 is 0.833 bits per heavy atom. The number of hydrogen-bond donors (Lipinski definition) is 0. The SMILES string of the molecule is COC(=O)C1(C(=O)OC)C=C(C(C)C)[C@H]2C=C[C@H](OC(=O)C(c3ccccc3)c3ccccc3)C[C@H]21. The number of carbonyl (C=O) groups excluding carboxylic acids is 3. The Bertz CT molecular complexity index is 1110.